The minimum atomic E-state index is 0.304. The molecule has 0 N–H and O–H groups in total. The van der Waals surface area contributed by atoms with Crippen molar-refractivity contribution < 1.29 is 0 Å². The summed E-state index contributed by atoms with van der Waals surface area (Å²) in [4.78, 5) is 0. The second-order valence-electron chi connectivity index (χ2n) is 6.79. The second-order valence-corrected chi connectivity index (χ2v) is 7.32. The molecular formula is C14H16N2S. The Kier molecular flexibility index (Phi) is 1.51. The van der Waals surface area contributed by atoms with Crippen molar-refractivity contribution in [1.82, 2.24) is 8.75 Å². The average Bonchev–Trinajstić information content (AvgIpc) is 2.60. The maximum Gasteiger partial charge on any atom is 0.109 e. The monoisotopic (exact) mass is 244 g/mol. The third-order valence-electron chi connectivity index (χ3n) is 4.52. The van der Waals surface area contributed by atoms with Gasteiger partial charge in [0.15, 0.2) is 0 Å². The summed E-state index contributed by atoms with van der Waals surface area (Å²) in [5, 5.41) is 0. The van der Waals surface area contributed by atoms with Gasteiger partial charge in [-0.1, -0.05) is 27.7 Å². The molecule has 1 aromatic heterocycles. The van der Waals surface area contributed by atoms with Crippen LogP contribution in [0.4, 0.5) is 0 Å². The largest absolute Gasteiger partial charge is 0.173 e. The Balaban J connectivity index is 2.17. The third kappa shape index (κ3) is 0.982. The van der Waals surface area contributed by atoms with E-state index in [1.54, 1.807) is 11.1 Å². The van der Waals surface area contributed by atoms with Crippen LogP contribution >= 0.6 is 11.7 Å². The zero-order valence-corrected chi connectivity index (χ0v) is 11.5. The molecule has 0 aliphatic heterocycles. The highest BCUT2D eigenvalue weighted by Gasteiger charge is 2.47. The lowest BCUT2D eigenvalue weighted by molar-refractivity contribution is 0.413. The SMILES string of the molecule is CC1(C)Cc2c3c(c4nsnc4c21)C(C)(C)C3. The number of hydrogen-bond donors (Lipinski definition) is 0. The van der Waals surface area contributed by atoms with Crippen LogP contribution in [0.2, 0.25) is 0 Å². The van der Waals surface area contributed by atoms with Crippen molar-refractivity contribution in [2.75, 3.05) is 0 Å². The molecule has 4 rings (SSSR count). The van der Waals surface area contributed by atoms with E-state index in [4.69, 9.17) is 0 Å². The third-order valence-corrected chi connectivity index (χ3v) is 5.05. The quantitative estimate of drug-likeness (QED) is 0.710. The lowest BCUT2D eigenvalue weighted by Gasteiger charge is -2.47. The molecule has 0 saturated heterocycles. The first-order chi connectivity index (χ1) is 7.92. The highest BCUT2D eigenvalue weighted by molar-refractivity contribution is 7.00. The fraction of sp³-hybridized carbons (Fsp3) is 0.571. The van der Waals surface area contributed by atoms with Gasteiger partial charge in [-0.3, -0.25) is 0 Å². The molecule has 0 fully saturated rings. The normalized spacial score (nSPS) is 22.6. The molecule has 17 heavy (non-hydrogen) atoms. The molecule has 0 unspecified atom stereocenters. The Labute approximate surface area is 105 Å². The lowest BCUT2D eigenvalue weighted by Crippen LogP contribution is -2.42. The molecule has 0 spiro atoms. The van der Waals surface area contributed by atoms with Gasteiger partial charge in [-0.2, -0.15) is 8.75 Å². The topological polar surface area (TPSA) is 25.8 Å². The summed E-state index contributed by atoms with van der Waals surface area (Å²) in [6, 6.07) is 0. The summed E-state index contributed by atoms with van der Waals surface area (Å²) in [7, 11) is 0. The van der Waals surface area contributed by atoms with Gasteiger partial charge in [-0.15, -0.1) is 0 Å². The first-order valence-corrected chi connectivity index (χ1v) is 6.96. The van der Waals surface area contributed by atoms with Crippen molar-refractivity contribution in [3.63, 3.8) is 0 Å². The van der Waals surface area contributed by atoms with E-state index in [2.05, 4.69) is 36.4 Å². The van der Waals surface area contributed by atoms with Gasteiger partial charge in [0, 0.05) is 0 Å². The Bertz CT molecular complexity index is 608. The molecule has 0 saturated carbocycles. The van der Waals surface area contributed by atoms with Gasteiger partial charge in [0.05, 0.1) is 11.7 Å². The summed E-state index contributed by atoms with van der Waals surface area (Å²) in [5.41, 5.74) is 9.12. The van der Waals surface area contributed by atoms with E-state index in [0.717, 1.165) is 0 Å². The first-order valence-electron chi connectivity index (χ1n) is 6.23. The minimum Gasteiger partial charge on any atom is -0.173 e. The maximum atomic E-state index is 4.56. The van der Waals surface area contributed by atoms with Crippen molar-refractivity contribution in [2.45, 2.75) is 51.4 Å². The van der Waals surface area contributed by atoms with Gasteiger partial charge in [0.1, 0.15) is 11.0 Å². The van der Waals surface area contributed by atoms with Crippen molar-refractivity contribution in [3.8, 4) is 0 Å². The summed E-state index contributed by atoms with van der Waals surface area (Å²) in [5.74, 6) is 0. The van der Waals surface area contributed by atoms with Crippen LogP contribution in [-0.4, -0.2) is 8.75 Å². The Hall–Kier alpha value is -0.960. The van der Waals surface area contributed by atoms with Crippen LogP contribution in [0.25, 0.3) is 11.0 Å². The van der Waals surface area contributed by atoms with E-state index < -0.39 is 0 Å². The molecule has 1 heterocycles. The first kappa shape index (κ1) is 10.0. The second kappa shape index (κ2) is 2.56. The van der Waals surface area contributed by atoms with Gasteiger partial charge >= 0.3 is 0 Å². The van der Waals surface area contributed by atoms with Crippen LogP contribution < -0.4 is 0 Å². The lowest BCUT2D eigenvalue weighted by atomic mass is 9.56. The van der Waals surface area contributed by atoms with Crippen LogP contribution in [-0.2, 0) is 23.7 Å². The average molecular weight is 244 g/mol. The number of nitrogens with zero attached hydrogens (tertiary/aromatic N) is 2. The van der Waals surface area contributed by atoms with Crippen LogP contribution in [0.5, 0.6) is 0 Å². The molecule has 2 aliphatic carbocycles. The molecule has 1 aromatic carbocycles. The van der Waals surface area contributed by atoms with Gasteiger partial charge in [0.2, 0.25) is 0 Å². The maximum absolute atomic E-state index is 4.56. The molecular weight excluding hydrogens is 228 g/mol. The zero-order valence-electron chi connectivity index (χ0n) is 10.7. The van der Waals surface area contributed by atoms with Gasteiger partial charge in [0.25, 0.3) is 0 Å². The summed E-state index contributed by atoms with van der Waals surface area (Å²) in [6.07, 6.45) is 2.43. The van der Waals surface area contributed by atoms with Crippen molar-refractivity contribution >= 4 is 22.8 Å². The Morgan fingerprint density at radius 1 is 0.824 bits per heavy atom. The van der Waals surface area contributed by atoms with E-state index >= 15 is 0 Å². The van der Waals surface area contributed by atoms with Crippen LogP contribution in [0, 0.1) is 0 Å². The number of rotatable bonds is 0. The van der Waals surface area contributed by atoms with E-state index in [1.807, 2.05) is 0 Å². The van der Waals surface area contributed by atoms with E-state index in [0.29, 0.717) is 10.8 Å². The molecule has 0 amide bonds. The van der Waals surface area contributed by atoms with Crippen LogP contribution in [0.1, 0.15) is 49.9 Å². The smallest absolute Gasteiger partial charge is 0.109 e. The molecule has 3 heteroatoms. The highest BCUT2D eigenvalue weighted by atomic mass is 32.1. The predicted molar refractivity (Wildman–Crippen MR) is 70.9 cm³/mol. The van der Waals surface area contributed by atoms with E-state index in [1.165, 1.54) is 46.7 Å². The van der Waals surface area contributed by atoms with E-state index in [9.17, 15) is 0 Å². The van der Waals surface area contributed by atoms with Crippen molar-refractivity contribution in [3.05, 3.63) is 22.3 Å². The van der Waals surface area contributed by atoms with E-state index in [-0.39, 0.29) is 0 Å². The summed E-state index contributed by atoms with van der Waals surface area (Å²) in [6.45, 7) is 9.29. The molecule has 0 radical (unpaired) electrons. The fourth-order valence-electron chi connectivity index (χ4n) is 3.80. The zero-order chi connectivity index (χ0) is 12.0. The fourth-order valence-corrected chi connectivity index (χ4v) is 4.36. The van der Waals surface area contributed by atoms with Gasteiger partial charge in [-0.05, 0) is 45.9 Å². The number of fused-ring (bicyclic) bond motifs is 6. The van der Waals surface area contributed by atoms with Crippen molar-refractivity contribution in [2.24, 2.45) is 0 Å². The number of benzene rings is 1. The number of hydrogen-bond acceptors (Lipinski definition) is 3. The summed E-state index contributed by atoms with van der Waals surface area (Å²) < 4.78 is 9.12. The minimum absolute atomic E-state index is 0.304. The van der Waals surface area contributed by atoms with Crippen molar-refractivity contribution in [1.29, 1.82) is 0 Å². The molecule has 2 nitrogen and oxygen atoms in total. The standard InChI is InChI=1S/C14H16N2S/c1-13(2)5-7-8-6-14(3,4)10(8)12-11(9(7)13)15-17-16-12/h5-6H2,1-4H3. The van der Waals surface area contributed by atoms with Crippen LogP contribution in [0.15, 0.2) is 0 Å². The Morgan fingerprint density at radius 3 is 1.59 bits per heavy atom. The molecule has 88 valence electrons. The Morgan fingerprint density at radius 2 is 1.24 bits per heavy atom. The van der Waals surface area contributed by atoms with Gasteiger partial charge in [-0.25, -0.2) is 0 Å². The van der Waals surface area contributed by atoms with Gasteiger partial charge < -0.3 is 0 Å². The van der Waals surface area contributed by atoms with Crippen LogP contribution in [0.3, 0.4) is 0 Å². The molecule has 2 aromatic rings. The highest BCUT2D eigenvalue weighted by Crippen LogP contribution is 2.55. The number of aromatic nitrogens is 2. The molecule has 2 aliphatic rings. The predicted octanol–water partition coefficient (Wildman–Crippen LogP) is 3.36. The molecule has 0 atom stereocenters. The molecule has 0 bridgehead atoms. The summed E-state index contributed by atoms with van der Waals surface area (Å²) >= 11 is 1.37.